The minimum atomic E-state index is -4.72. The zero-order valence-corrected chi connectivity index (χ0v) is 20.5. The predicted octanol–water partition coefficient (Wildman–Crippen LogP) is 4.89. The van der Waals surface area contributed by atoms with Gasteiger partial charge in [-0.1, -0.05) is 38.1 Å². The average Bonchev–Trinajstić information content (AvgIpc) is 3.35. The Kier molecular flexibility index (Phi) is 6.90. The zero-order chi connectivity index (χ0) is 26.3. The lowest BCUT2D eigenvalue weighted by atomic mass is 9.83. The molecule has 194 valence electrons. The molecule has 1 aromatic heterocycles. The summed E-state index contributed by atoms with van der Waals surface area (Å²) >= 11 is 0. The van der Waals surface area contributed by atoms with Gasteiger partial charge in [0.05, 0.1) is 17.6 Å². The first kappa shape index (κ1) is 25.8. The highest BCUT2D eigenvalue weighted by atomic mass is 19.4. The third-order valence-corrected chi connectivity index (χ3v) is 7.57. The van der Waals surface area contributed by atoms with E-state index in [1.54, 1.807) is 6.07 Å². The molecule has 10 heteroatoms. The standard InChI is InChI=1S/C26H31F3N4O3/c1-25(2)19-7-5-4-6-15(19)13-21(25)31-18-10-11-20(30-14-18)22(26(27,28)29)33(3)23(34)16-8-9-17(12-16)32-24(35)36/h4-7,10-11,14,16-17,21-22,31-32H,8-9,12-13H2,1-3H3,(H,35,36)/t16-,17+,21+,22+/m1/s1. The molecule has 4 atom stereocenters. The summed E-state index contributed by atoms with van der Waals surface area (Å²) in [6.45, 7) is 4.27. The summed E-state index contributed by atoms with van der Waals surface area (Å²) < 4.78 is 42.3. The Morgan fingerprint density at radius 3 is 2.50 bits per heavy atom. The number of carbonyl (C=O) groups excluding carboxylic acids is 1. The van der Waals surface area contributed by atoms with Gasteiger partial charge in [0.25, 0.3) is 0 Å². The Balaban J connectivity index is 1.48. The zero-order valence-electron chi connectivity index (χ0n) is 20.5. The van der Waals surface area contributed by atoms with Crippen LogP contribution < -0.4 is 10.6 Å². The van der Waals surface area contributed by atoms with Gasteiger partial charge in [-0.15, -0.1) is 0 Å². The molecule has 2 aromatic rings. The number of anilines is 1. The van der Waals surface area contributed by atoms with Crippen molar-refractivity contribution >= 4 is 17.7 Å². The van der Waals surface area contributed by atoms with E-state index in [0.29, 0.717) is 23.4 Å². The molecule has 1 fully saturated rings. The molecule has 0 radical (unpaired) electrons. The van der Waals surface area contributed by atoms with Crippen molar-refractivity contribution in [3.05, 3.63) is 59.4 Å². The van der Waals surface area contributed by atoms with Crippen LogP contribution in [0, 0.1) is 5.92 Å². The molecular weight excluding hydrogens is 473 g/mol. The highest BCUT2D eigenvalue weighted by molar-refractivity contribution is 5.79. The van der Waals surface area contributed by atoms with E-state index in [2.05, 4.69) is 41.6 Å². The number of amides is 2. The third-order valence-electron chi connectivity index (χ3n) is 7.57. The summed E-state index contributed by atoms with van der Waals surface area (Å²) in [4.78, 5) is 28.6. The average molecular weight is 505 g/mol. The van der Waals surface area contributed by atoms with Gasteiger partial charge in [0.1, 0.15) is 0 Å². The summed E-state index contributed by atoms with van der Waals surface area (Å²) in [5, 5.41) is 14.6. The van der Waals surface area contributed by atoms with Crippen molar-refractivity contribution in [2.45, 2.75) is 69.2 Å². The SMILES string of the molecule is CN(C(=O)[C@@H]1CC[C@H](NC(=O)O)C1)[C@@H](c1ccc(N[C@H]2Cc3ccccc3C2(C)C)cn1)C(F)(F)F. The summed E-state index contributed by atoms with van der Waals surface area (Å²) in [5.74, 6) is -1.34. The van der Waals surface area contributed by atoms with E-state index in [0.717, 1.165) is 13.5 Å². The maximum absolute atomic E-state index is 14.1. The molecule has 2 aliphatic rings. The fourth-order valence-electron chi connectivity index (χ4n) is 5.59. The van der Waals surface area contributed by atoms with Crippen LogP contribution in [-0.2, 0) is 16.6 Å². The highest BCUT2D eigenvalue weighted by Gasteiger charge is 2.48. The number of rotatable bonds is 6. The largest absolute Gasteiger partial charge is 0.465 e. The van der Waals surface area contributed by atoms with E-state index in [1.165, 1.54) is 23.4 Å². The number of alkyl halides is 3. The van der Waals surface area contributed by atoms with Crippen molar-refractivity contribution in [3.8, 4) is 0 Å². The third kappa shape index (κ3) is 5.12. The van der Waals surface area contributed by atoms with E-state index < -0.39 is 36.2 Å². The van der Waals surface area contributed by atoms with Gasteiger partial charge < -0.3 is 20.6 Å². The van der Waals surface area contributed by atoms with Gasteiger partial charge in [-0.3, -0.25) is 9.78 Å². The van der Waals surface area contributed by atoms with Crippen LogP contribution in [0.3, 0.4) is 0 Å². The molecule has 0 saturated heterocycles. The van der Waals surface area contributed by atoms with Crippen molar-refractivity contribution < 1.29 is 27.9 Å². The number of nitrogens with one attached hydrogen (secondary N) is 2. The summed E-state index contributed by atoms with van der Waals surface area (Å²) in [6.07, 6.45) is -2.84. The first-order valence-corrected chi connectivity index (χ1v) is 12.0. The van der Waals surface area contributed by atoms with Crippen LogP contribution in [0.5, 0.6) is 0 Å². The topological polar surface area (TPSA) is 94.6 Å². The number of nitrogens with zero attached hydrogens (tertiary/aromatic N) is 2. The second-order valence-electron chi connectivity index (χ2n) is 10.3. The molecule has 0 bridgehead atoms. The fourth-order valence-corrected chi connectivity index (χ4v) is 5.59. The monoisotopic (exact) mass is 504 g/mol. The summed E-state index contributed by atoms with van der Waals surface area (Å²) in [7, 11) is 1.13. The maximum Gasteiger partial charge on any atom is 0.414 e. The number of carbonyl (C=O) groups is 2. The van der Waals surface area contributed by atoms with Gasteiger partial charge in [-0.05, 0) is 48.9 Å². The molecule has 1 heterocycles. The van der Waals surface area contributed by atoms with Crippen LogP contribution >= 0.6 is 0 Å². The van der Waals surface area contributed by atoms with E-state index >= 15 is 0 Å². The van der Waals surface area contributed by atoms with Gasteiger partial charge in [0, 0.05) is 30.5 Å². The van der Waals surface area contributed by atoms with Crippen LogP contribution in [-0.4, -0.2) is 52.3 Å². The molecule has 0 spiro atoms. The molecule has 0 aliphatic heterocycles. The number of benzene rings is 1. The smallest absolute Gasteiger partial charge is 0.414 e. The predicted molar refractivity (Wildman–Crippen MR) is 129 cm³/mol. The first-order chi connectivity index (χ1) is 16.9. The Morgan fingerprint density at radius 2 is 1.89 bits per heavy atom. The van der Waals surface area contributed by atoms with Crippen molar-refractivity contribution in [1.29, 1.82) is 0 Å². The van der Waals surface area contributed by atoms with Crippen LogP contribution in [0.25, 0.3) is 0 Å². The van der Waals surface area contributed by atoms with Gasteiger partial charge in [0.15, 0.2) is 6.04 Å². The second-order valence-corrected chi connectivity index (χ2v) is 10.3. The van der Waals surface area contributed by atoms with Crippen LogP contribution in [0.4, 0.5) is 23.7 Å². The minimum Gasteiger partial charge on any atom is -0.465 e. The van der Waals surface area contributed by atoms with Crippen molar-refractivity contribution in [2.75, 3.05) is 12.4 Å². The van der Waals surface area contributed by atoms with E-state index in [4.69, 9.17) is 5.11 Å². The molecular formula is C26H31F3N4O3. The van der Waals surface area contributed by atoms with Crippen LogP contribution in [0.1, 0.15) is 56.0 Å². The molecule has 2 aliphatic carbocycles. The fraction of sp³-hybridized carbons (Fsp3) is 0.500. The lowest BCUT2D eigenvalue weighted by molar-refractivity contribution is -0.191. The van der Waals surface area contributed by atoms with Gasteiger partial charge in [0.2, 0.25) is 5.91 Å². The molecule has 0 unspecified atom stereocenters. The first-order valence-electron chi connectivity index (χ1n) is 12.0. The number of carboxylic acid groups (broad SMARTS) is 1. The molecule has 1 aromatic carbocycles. The van der Waals surface area contributed by atoms with Gasteiger partial charge >= 0.3 is 12.3 Å². The number of hydrogen-bond donors (Lipinski definition) is 3. The molecule has 3 N–H and O–H groups in total. The number of hydrogen-bond acceptors (Lipinski definition) is 4. The van der Waals surface area contributed by atoms with Crippen molar-refractivity contribution in [1.82, 2.24) is 15.2 Å². The molecule has 36 heavy (non-hydrogen) atoms. The summed E-state index contributed by atoms with van der Waals surface area (Å²) in [6, 6.07) is 8.49. The number of pyridine rings is 1. The van der Waals surface area contributed by atoms with Crippen LogP contribution in [0.15, 0.2) is 42.6 Å². The minimum absolute atomic E-state index is 0.0555. The summed E-state index contributed by atoms with van der Waals surface area (Å²) in [5.41, 5.74) is 2.67. The molecule has 2 amide bonds. The maximum atomic E-state index is 14.1. The van der Waals surface area contributed by atoms with Gasteiger partial charge in [-0.25, -0.2) is 4.79 Å². The number of halogens is 3. The van der Waals surface area contributed by atoms with E-state index in [1.807, 2.05) is 12.1 Å². The molecule has 4 rings (SSSR count). The van der Waals surface area contributed by atoms with E-state index in [-0.39, 0.29) is 23.6 Å². The Morgan fingerprint density at radius 1 is 1.17 bits per heavy atom. The van der Waals surface area contributed by atoms with E-state index in [9.17, 15) is 22.8 Å². The van der Waals surface area contributed by atoms with Gasteiger partial charge in [-0.2, -0.15) is 13.2 Å². The molecule has 7 nitrogen and oxygen atoms in total. The van der Waals surface area contributed by atoms with Crippen LogP contribution in [0.2, 0.25) is 0 Å². The normalized spacial score (nSPS) is 23.6. The van der Waals surface area contributed by atoms with Crippen molar-refractivity contribution in [3.63, 3.8) is 0 Å². The Bertz CT molecular complexity index is 1120. The second kappa shape index (κ2) is 9.63. The molecule has 1 saturated carbocycles. The highest BCUT2D eigenvalue weighted by Crippen LogP contribution is 2.41. The Labute approximate surface area is 208 Å². The van der Waals surface area contributed by atoms with Crippen molar-refractivity contribution in [2.24, 2.45) is 5.92 Å². The number of aromatic nitrogens is 1. The quantitative estimate of drug-likeness (QED) is 0.521. The Hall–Kier alpha value is -3.30. The lowest BCUT2D eigenvalue weighted by Crippen LogP contribution is -2.43. The lowest BCUT2D eigenvalue weighted by Gasteiger charge is -2.32. The number of fused-ring (bicyclic) bond motifs is 1.